The second-order valence-electron chi connectivity index (χ2n) is 5.93. The Morgan fingerprint density at radius 2 is 1.50 bits per heavy atom. The molecule has 116 valence electrons. The highest BCUT2D eigenvalue weighted by Gasteiger charge is 2.33. The zero-order valence-electron chi connectivity index (χ0n) is 13.8. The number of carbonyl (C=O) groups excluding carboxylic acids is 1. The van der Waals surface area contributed by atoms with Gasteiger partial charge in [-0.2, -0.15) is 0 Å². The van der Waals surface area contributed by atoms with Crippen LogP contribution >= 0.6 is 0 Å². The molecule has 0 bridgehead atoms. The molecule has 2 nitrogen and oxygen atoms in total. The molecule has 0 aromatic heterocycles. The molecule has 1 atom stereocenters. The molecule has 0 N–H and O–H groups in total. The number of ketones is 1. The number of benzene rings is 2. The van der Waals surface area contributed by atoms with E-state index in [4.69, 9.17) is 0 Å². The van der Waals surface area contributed by atoms with Crippen molar-refractivity contribution in [2.24, 2.45) is 0 Å². The van der Waals surface area contributed by atoms with Crippen molar-refractivity contribution in [2.75, 3.05) is 14.1 Å². The van der Waals surface area contributed by atoms with Gasteiger partial charge in [-0.3, -0.25) is 9.69 Å². The van der Waals surface area contributed by atoms with E-state index in [1.807, 2.05) is 36.4 Å². The van der Waals surface area contributed by atoms with Crippen LogP contribution in [0, 0.1) is 0 Å². The topological polar surface area (TPSA) is 20.3 Å². The molecule has 0 aliphatic rings. The van der Waals surface area contributed by atoms with E-state index in [9.17, 15) is 4.79 Å². The van der Waals surface area contributed by atoms with Gasteiger partial charge in [0.25, 0.3) is 0 Å². The average molecular weight is 295 g/mol. The normalized spacial score (nSPS) is 13.8. The molecule has 1 unspecified atom stereocenters. The van der Waals surface area contributed by atoms with Crippen LogP contribution in [0.4, 0.5) is 0 Å². The standard InChI is InChI=1S/C20H25NO/c1-4-20(21(2)3,18-13-9-6-10-14-18)16-15-19(22)17-11-7-5-8-12-17/h5-14H,4,15-16H2,1-3H3. The van der Waals surface area contributed by atoms with Gasteiger partial charge in [-0.05, 0) is 32.5 Å². The van der Waals surface area contributed by atoms with Crippen LogP contribution in [0.5, 0.6) is 0 Å². The van der Waals surface area contributed by atoms with Crippen molar-refractivity contribution in [2.45, 2.75) is 31.7 Å². The first kappa shape index (κ1) is 16.4. The average Bonchev–Trinajstić information content (AvgIpc) is 2.57. The third-order valence-electron chi connectivity index (χ3n) is 4.61. The fraction of sp³-hybridized carbons (Fsp3) is 0.350. The first-order chi connectivity index (χ1) is 10.6. The molecule has 22 heavy (non-hydrogen) atoms. The molecule has 0 saturated heterocycles. The number of hydrogen-bond acceptors (Lipinski definition) is 2. The molecule has 0 fully saturated rings. The maximum Gasteiger partial charge on any atom is 0.162 e. The number of hydrogen-bond donors (Lipinski definition) is 0. The fourth-order valence-electron chi connectivity index (χ4n) is 3.16. The number of carbonyl (C=O) groups is 1. The minimum atomic E-state index is -0.0916. The highest BCUT2D eigenvalue weighted by Crippen LogP contribution is 2.35. The summed E-state index contributed by atoms with van der Waals surface area (Å²) in [4.78, 5) is 14.7. The Hall–Kier alpha value is -1.93. The van der Waals surface area contributed by atoms with E-state index in [-0.39, 0.29) is 11.3 Å². The Balaban J connectivity index is 2.20. The van der Waals surface area contributed by atoms with Gasteiger partial charge in [-0.25, -0.2) is 0 Å². The summed E-state index contributed by atoms with van der Waals surface area (Å²) >= 11 is 0. The summed E-state index contributed by atoms with van der Waals surface area (Å²) in [6.07, 6.45) is 2.37. The lowest BCUT2D eigenvalue weighted by molar-refractivity contribution is 0.0900. The maximum absolute atomic E-state index is 12.4. The number of Topliss-reactive ketones (excluding diaryl/α,β-unsaturated/α-hetero) is 1. The van der Waals surface area contributed by atoms with Crippen LogP contribution in [0.25, 0.3) is 0 Å². The Morgan fingerprint density at radius 3 is 2.00 bits per heavy atom. The summed E-state index contributed by atoms with van der Waals surface area (Å²) in [6.45, 7) is 2.19. The highest BCUT2D eigenvalue weighted by atomic mass is 16.1. The summed E-state index contributed by atoms with van der Waals surface area (Å²) < 4.78 is 0. The molecule has 0 aliphatic heterocycles. The van der Waals surface area contributed by atoms with Crippen molar-refractivity contribution in [3.63, 3.8) is 0 Å². The molecule has 2 heteroatoms. The molecule has 0 saturated carbocycles. The third-order valence-corrected chi connectivity index (χ3v) is 4.61. The van der Waals surface area contributed by atoms with Crippen LogP contribution in [-0.2, 0) is 5.54 Å². The minimum Gasteiger partial charge on any atom is -0.300 e. The second-order valence-corrected chi connectivity index (χ2v) is 5.93. The summed E-state index contributed by atoms with van der Waals surface area (Å²) in [5, 5.41) is 0. The van der Waals surface area contributed by atoms with Crippen LogP contribution in [-0.4, -0.2) is 24.8 Å². The largest absolute Gasteiger partial charge is 0.300 e. The molecule has 2 aromatic carbocycles. The van der Waals surface area contributed by atoms with E-state index in [2.05, 4.69) is 50.2 Å². The molecule has 2 rings (SSSR count). The lowest BCUT2D eigenvalue weighted by Crippen LogP contribution is -2.41. The molecule has 0 heterocycles. The third kappa shape index (κ3) is 3.45. The Morgan fingerprint density at radius 1 is 0.955 bits per heavy atom. The van der Waals surface area contributed by atoms with E-state index in [1.54, 1.807) is 0 Å². The zero-order chi connectivity index (χ0) is 16.0. The van der Waals surface area contributed by atoms with Crippen molar-refractivity contribution in [1.82, 2.24) is 4.90 Å². The molecular weight excluding hydrogens is 270 g/mol. The first-order valence-corrected chi connectivity index (χ1v) is 7.91. The Bertz CT molecular complexity index is 592. The quantitative estimate of drug-likeness (QED) is 0.700. The smallest absolute Gasteiger partial charge is 0.162 e. The summed E-state index contributed by atoms with van der Waals surface area (Å²) in [7, 11) is 4.20. The molecular formula is C20H25NO. The molecule has 0 aliphatic carbocycles. The number of rotatable bonds is 7. The lowest BCUT2D eigenvalue weighted by Gasteiger charge is -2.40. The summed E-state index contributed by atoms with van der Waals surface area (Å²) in [5.41, 5.74) is 1.99. The highest BCUT2D eigenvalue weighted by molar-refractivity contribution is 5.96. The van der Waals surface area contributed by atoms with Gasteiger partial charge in [-0.15, -0.1) is 0 Å². The summed E-state index contributed by atoms with van der Waals surface area (Å²) in [5.74, 6) is 0.219. The zero-order valence-corrected chi connectivity index (χ0v) is 13.8. The molecule has 0 spiro atoms. The minimum absolute atomic E-state index is 0.0916. The van der Waals surface area contributed by atoms with E-state index < -0.39 is 0 Å². The van der Waals surface area contributed by atoms with Crippen molar-refractivity contribution < 1.29 is 4.79 Å². The number of nitrogens with zero attached hydrogens (tertiary/aromatic N) is 1. The van der Waals surface area contributed by atoms with Gasteiger partial charge in [0.2, 0.25) is 0 Å². The van der Waals surface area contributed by atoms with Gasteiger partial charge in [0.15, 0.2) is 5.78 Å². The Kier molecular flexibility index (Phi) is 5.51. The van der Waals surface area contributed by atoms with Crippen molar-refractivity contribution in [1.29, 1.82) is 0 Å². The molecule has 2 aromatic rings. The van der Waals surface area contributed by atoms with Gasteiger partial charge < -0.3 is 0 Å². The van der Waals surface area contributed by atoms with Gasteiger partial charge >= 0.3 is 0 Å². The van der Waals surface area contributed by atoms with Crippen LogP contribution < -0.4 is 0 Å². The van der Waals surface area contributed by atoms with Gasteiger partial charge in [0, 0.05) is 17.5 Å². The van der Waals surface area contributed by atoms with Crippen molar-refractivity contribution in [3.05, 3.63) is 71.8 Å². The predicted octanol–water partition coefficient (Wildman–Crippen LogP) is 4.52. The van der Waals surface area contributed by atoms with Crippen LogP contribution in [0.15, 0.2) is 60.7 Å². The van der Waals surface area contributed by atoms with E-state index >= 15 is 0 Å². The van der Waals surface area contributed by atoms with Gasteiger partial charge in [0.05, 0.1) is 0 Å². The van der Waals surface area contributed by atoms with Gasteiger partial charge in [0.1, 0.15) is 0 Å². The molecule has 0 amide bonds. The van der Waals surface area contributed by atoms with Crippen molar-refractivity contribution in [3.8, 4) is 0 Å². The lowest BCUT2D eigenvalue weighted by atomic mass is 9.81. The van der Waals surface area contributed by atoms with Crippen molar-refractivity contribution >= 4 is 5.78 Å². The maximum atomic E-state index is 12.4. The van der Waals surface area contributed by atoms with Gasteiger partial charge in [-0.1, -0.05) is 67.6 Å². The van der Waals surface area contributed by atoms with Crippen LogP contribution in [0.2, 0.25) is 0 Å². The second kappa shape index (κ2) is 7.37. The monoisotopic (exact) mass is 295 g/mol. The van der Waals surface area contributed by atoms with E-state index in [0.29, 0.717) is 6.42 Å². The predicted molar refractivity (Wildman–Crippen MR) is 92.1 cm³/mol. The first-order valence-electron chi connectivity index (χ1n) is 7.91. The molecule has 0 radical (unpaired) electrons. The SMILES string of the molecule is CCC(CCC(=O)c1ccccc1)(c1ccccc1)N(C)C. The van der Waals surface area contributed by atoms with E-state index in [0.717, 1.165) is 18.4 Å². The van der Waals surface area contributed by atoms with Crippen LogP contribution in [0.3, 0.4) is 0 Å². The Labute approximate surface area is 133 Å². The fourth-order valence-corrected chi connectivity index (χ4v) is 3.16. The van der Waals surface area contributed by atoms with E-state index in [1.165, 1.54) is 5.56 Å². The van der Waals surface area contributed by atoms with Crippen LogP contribution in [0.1, 0.15) is 42.1 Å². The summed E-state index contributed by atoms with van der Waals surface area (Å²) in [6, 6.07) is 20.1.